The predicted molar refractivity (Wildman–Crippen MR) is 126 cm³/mol. The number of carbonyl (C=O) groups excluding carboxylic acids is 2. The summed E-state index contributed by atoms with van der Waals surface area (Å²) >= 11 is 0. The Morgan fingerprint density at radius 1 is 1.21 bits per heavy atom. The highest BCUT2D eigenvalue weighted by Crippen LogP contribution is 2.51. The van der Waals surface area contributed by atoms with E-state index in [2.05, 4.69) is 15.2 Å². The number of hydrogen-bond donors (Lipinski definition) is 1. The van der Waals surface area contributed by atoms with E-state index in [1.165, 1.54) is 0 Å². The average Bonchev–Trinajstić information content (AvgIpc) is 3.31. The minimum atomic E-state index is -0.205. The van der Waals surface area contributed by atoms with Gasteiger partial charge in [0.25, 0.3) is 5.91 Å². The maximum Gasteiger partial charge on any atom is 0.262 e. The summed E-state index contributed by atoms with van der Waals surface area (Å²) in [6.07, 6.45) is 1.71. The van der Waals surface area contributed by atoms with Gasteiger partial charge in [0.2, 0.25) is 0 Å². The van der Waals surface area contributed by atoms with Gasteiger partial charge in [-0.3, -0.25) is 19.5 Å². The number of methoxy groups -OCH3 is 1. The van der Waals surface area contributed by atoms with Gasteiger partial charge in [0.05, 0.1) is 37.7 Å². The van der Waals surface area contributed by atoms with E-state index in [1.54, 1.807) is 31.5 Å². The van der Waals surface area contributed by atoms with Crippen molar-refractivity contribution in [3.05, 3.63) is 54.2 Å². The summed E-state index contributed by atoms with van der Waals surface area (Å²) in [5, 5.41) is 3.71. The van der Waals surface area contributed by atoms with E-state index in [0.717, 1.165) is 29.7 Å². The van der Waals surface area contributed by atoms with Gasteiger partial charge in [-0.25, -0.2) is 0 Å². The van der Waals surface area contributed by atoms with Crippen LogP contribution >= 0.6 is 0 Å². The minimum absolute atomic E-state index is 0.00725. The van der Waals surface area contributed by atoms with Gasteiger partial charge < -0.3 is 19.5 Å². The molecule has 1 aliphatic carbocycles. The van der Waals surface area contributed by atoms with E-state index in [9.17, 15) is 9.59 Å². The van der Waals surface area contributed by atoms with Crippen LogP contribution in [-0.2, 0) is 4.79 Å². The molecule has 8 nitrogen and oxygen atoms in total. The number of Topliss-reactive ketones (excluding diaryl/α,β-unsaturated/α-hetero) is 1. The number of hydrogen-bond acceptors (Lipinski definition) is 7. The van der Waals surface area contributed by atoms with E-state index in [4.69, 9.17) is 14.2 Å². The molecule has 8 heteroatoms. The number of nitrogens with one attached hydrogen (secondary N) is 1. The Kier molecular flexibility index (Phi) is 5.10. The summed E-state index contributed by atoms with van der Waals surface area (Å²) in [5.41, 5.74) is 2.03. The largest absolute Gasteiger partial charge is 0.495 e. The molecule has 3 aromatic rings. The molecular weight excluding hydrogens is 434 g/mol. The van der Waals surface area contributed by atoms with Crippen LogP contribution in [-0.4, -0.2) is 61.5 Å². The summed E-state index contributed by atoms with van der Waals surface area (Å²) in [7, 11) is 1.63. The van der Waals surface area contributed by atoms with Crippen LogP contribution in [0.1, 0.15) is 10.4 Å². The second-order valence-corrected chi connectivity index (χ2v) is 9.17. The number of nitrogens with zero attached hydrogens (tertiary/aromatic N) is 2. The number of rotatable bonds is 7. The molecule has 0 bridgehead atoms. The van der Waals surface area contributed by atoms with Crippen LogP contribution in [0.25, 0.3) is 10.9 Å². The number of fused-ring (bicyclic) bond motifs is 3. The number of piperidine rings is 1. The van der Waals surface area contributed by atoms with Crippen LogP contribution in [0.4, 0.5) is 5.69 Å². The average molecular weight is 460 g/mol. The first-order valence-corrected chi connectivity index (χ1v) is 11.5. The van der Waals surface area contributed by atoms with Gasteiger partial charge in [-0.05, 0) is 48.2 Å². The zero-order valence-corrected chi connectivity index (χ0v) is 18.8. The molecule has 1 saturated carbocycles. The second kappa shape index (κ2) is 8.29. The number of likely N-dealkylation sites (tertiary alicyclic amines) is 1. The van der Waals surface area contributed by atoms with E-state index in [0.29, 0.717) is 53.7 Å². The monoisotopic (exact) mass is 459 g/mol. The fourth-order valence-corrected chi connectivity index (χ4v) is 5.19. The number of amides is 1. The van der Waals surface area contributed by atoms with Crippen LogP contribution in [0.2, 0.25) is 0 Å². The van der Waals surface area contributed by atoms with Crippen molar-refractivity contribution in [2.24, 2.45) is 17.8 Å². The SMILES string of the molecule is COc1cnc2cccc(OCC3[C@H]4CN(CC(=O)c5ccc6c(c5)NC(=O)CO6)C[C@@H]34)c2c1. The first-order chi connectivity index (χ1) is 16.6. The topological polar surface area (TPSA) is 90.0 Å². The highest BCUT2D eigenvalue weighted by molar-refractivity contribution is 6.01. The normalized spacial score (nSPS) is 23.0. The lowest BCUT2D eigenvalue weighted by atomic mass is 10.1. The third-order valence-corrected chi connectivity index (χ3v) is 7.08. The molecule has 2 aliphatic heterocycles. The molecule has 34 heavy (non-hydrogen) atoms. The molecule has 3 heterocycles. The van der Waals surface area contributed by atoms with Gasteiger partial charge in [-0.2, -0.15) is 0 Å². The molecular formula is C26H25N3O5. The summed E-state index contributed by atoms with van der Waals surface area (Å²) in [6, 6.07) is 13.1. The summed E-state index contributed by atoms with van der Waals surface area (Å²) in [6.45, 7) is 2.86. The maximum absolute atomic E-state index is 12.8. The number of carbonyl (C=O) groups is 2. The molecule has 1 N–H and O–H groups in total. The Balaban J connectivity index is 1.04. The molecule has 3 atom stereocenters. The smallest absolute Gasteiger partial charge is 0.262 e. The quantitative estimate of drug-likeness (QED) is 0.543. The third kappa shape index (κ3) is 3.84. The first-order valence-electron chi connectivity index (χ1n) is 11.5. The van der Waals surface area contributed by atoms with Gasteiger partial charge in [0.1, 0.15) is 17.2 Å². The number of aromatic nitrogens is 1. The predicted octanol–water partition coefficient (Wildman–Crippen LogP) is 3.01. The van der Waals surface area contributed by atoms with E-state index >= 15 is 0 Å². The van der Waals surface area contributed by atoms with Crippen molar-refractivity contribution in [1.82, 2.24) is 9.88 Å². The molecule has 3 aliphatic rings. The Hall–Kier alpha value is -3.65. The molecule has 2 aromatic carbocycles. The highest BCUT2D eigenvalue weighted by atomic mass is 16.5. The van der Waals surface area contributed by atoms with Crippen LogP contribution in [0.15, 0.2) is 48.7 Å². The number of ether oxygens (including phenoxy) is 3. The molecule has 2 fully saturated rings. The summed E-state index contributed by atoms with van der Waals surface area (Å²) in [4.78, 5) is 31.0. The van der Waals surface area contributed by atoms with Crippen molar-refractivity contribution >= 4 is 28.3 Å². The van der Waals surface area contributed by atoms with E-state index < -0.39 is 0 Å². The van der Waals surface area contributed by atoms with Crippen molar-refractivity contribution in [2.75, 3.05) is 45.3 Å². The van der Waals surface area contributed by atoms with Gasteiger partial charge in [0, 0.05) is 30.0 Å². The Bertz CT molecular complexity index is 1280. The van der Waals surface area contributed by atoms with Crippen LogP contribution in [0.5, 0.6) is 17.2 Å². The Morgan fingerprint density at radius 3 is 2.88 bits per heavy atom. The van der Waals surface area contributed by atoms with Crippen molar-refractivity contribution < 1.29 is 23.8 Å². The fraction of sp³-hybridized carbons (Fsp3) is 0.346. The van der Waals surface area contributed by atoms with Crippen LogP contribution in [0.3, 0.4) is 0 Å². The van der Waals surface area contributed by atoms with Crippen LogP contribution < -0.4 is 19.5 Å². The number of anilines is 1. The lowest BCUT2D eigenvalue weighted by Crippen LogP contribution is -2.31. The standard InChI is InChI=1S/C26H25N3O5/c1-32-16-8-17-21(27-9-16)3-2-4-24(17)33-13-20-18-10-29(11-19(18)20)12-23(30)15-5-6-25-22(7-15)28-26(31)14-34-25/h2-9,18-20H,10-14H2,1H3,(H,28,31)/t18-,19+,20?. The summed E-state index contributed by atoms with van der Waals surface area (Å²) in [5.74, 6) is 3.61. The zero-order chi connectivity index (χ0) is 23.2. The van der Waals surface area contributed by atoms with E-state index in [-0.39, 0.29) is 18.3 Å². The van der Waals surface area contributed by atoms with Crippen LogP contribution in [0, 0.1) is 17.8 Å². The molecule has 174 valence electrons. The van der Waals surface area contributed by atoms with Gasteiger partial charge in [-0.1, -0.05) is 6.07 Å². The third-order valence-electron chi connectivity index (χ3n) is 7.08. The van der Waals surface area contributed by atoms with Gasteiger partial charge >= 0.3 is 0 Å². The molecule has 1 unspecified atom stereocenters. The van der Waals surface area contributed by atoms with Crippen molar-refractivity contribution in [3.8, 4) is 17.2 Å². The zero-order valence-electron chi connectivity index (χ0n) is 18.8. The molecule has 0 spiro atoms. The van der Waals surface area contributed by atoms with Gasteiger partial charge in [-0.15, -0.1) is 0 Å². The fourth-order valence-electron chi connectivity index (χ4n) is 5.19. The summed E-state index contributed by atoms with van der Waals surface area (Å²) < 4.78 is 16.9. The first kappa shape index (κ1) is 20.9. The molecule has 1 aromatic heterocycles. The Morgan fingerprint density at radius 2 is 2.06 bits per heavy atom. The van der Waals surface area contributed by atoms with Crippen molar-refractivity contribution in [3.63, 3.8) is 0 Å². The maximum atomic E-state index is 12.8. The molecule has 0 radical (unpaired) electrons. The van der Waals surface area contributed by atoms with Crippen molar-refractivity contribution in [1.29, 1.82) is 0 Å². The minimum Gasteiger partial charge on any atom is -0.495 e. The number of ketones is 1. The lowest BCUT2D eigenvalue weighted by Gasteiger charge is -2.20. The number of pyridine rings is 1. The van der Waals surface area contributed by atoms with Gasteiger partial charge in [0.15, 0.2) is 12.4 Å². The number of benzene rings is 2. The highest BCUT2D eigenvalue weighted by Gasteiger charge is 2.55. The lowest BCUT2D eigenvalue weighted by molar-refractivity contribution is -0.118. The second-order valence-electron chi connectivity index (χ2n) is 9.17. The molecule has 1 amide bonds. The Labute approximate surface area is 196 Å². The van der Waals surface area contributed by atoms with E-state index in [1.807, 2.05) is 24.3 Å². The molecule has 6 rings (SSSR count). The molecule has 1 saturated heterocycles. The van der Waals surface area contributed by atoms with Crippen molar-refractivity contribution in [2.45, 2.75) is 0 Å².